The van der Waals surface area contributed by atoms with Crippen LogP contribution in [0.15, 0.2) is 42.5 Å². The van der Waals surface area contributed by atoms with Gasteiger partial charge in [0.15, 0.2) is 0 Å². The third kappa shape index (κ3) is 3.09. The molecule has 0 aliphatic rings. The molecule has 102 valence electrons. The summed E-state index contributed by atoms with van der Waals surface area (Å²) in [6, 6.07) is 11.4. The van der Waals surface area contributed by atoms with E-state index >= 15 is 0 Å². The Labute approximate surface area is 114 Å². The molecular weight excluding hydrogens is 267 g/mol. The number of nitriles is 1. The number of benzene rings is 2. The molecule has 5 heteroatoms. The average Bonchev–Trinajstić information content (AvgIpc) is 2.38. The Morgan fingerprint density at radius 3 is 2.50 bits per heavy atom. The van der Waals surface area contributed by atoms with Gasteiger partial charge in [0.1, 0.15) is 17.6 Å². The predicted octanol–water partition coefficient (Wildman–Crippen LogP) is 4.68. The fourth-order valence-corrected chi connectivity index (χ4v) is 1.67. The third-order valence-corrected chi connectivity index (χ3v) is 2.65. The van der Waals surface area contributed by atoms with E-state index in [1.165, 1.54) is 12.1 Å². The van der Waals surface area contributed by atoms with Gasteiger partial charge in [0, 0.05) is 0 Å². The molecule has 0 aliphatic heterocycles. The van der Waals surface area contributed by atoms with Crippen LogP contribution in [-0.2, 0) is 6.18 Å². The summed E-state index contributed by atoms with van der Waals surface area (Å²) in [5, 5.41) is 8.96. The predicted molar refractivity (Wildman–Crippen MR) is 67.4 cm³/mol. The van der Waals surface area contributed by atoms with Crippen LogP contribution < -0.4 is 4.74 Å². The lowest BCUT2D eigenvalue weighted by atomic mass is 10.1. The largest absolute Gasteiger partial charge is 0.456 e. The van der Waals surface area contributed by atoms with Crippen LogP contribution in [0.25, 0.3) is 0 Å². The summed E-state index contributed by atoms with van der Waals surface area (Å²) in [6.45, 7) is 1.81. The van der Waals surface area contributed by atoms with Crippen LogP contribution in [0.3, 0.4) is 0 Å². The maximum atomic E-state index is 12.6. The van der Waals surface area contributed by atoms with E-state index in [1.54, 1.807) is 25.1 Å². The Hall–Kier alpha value is -2.48. The van der Waals surface area contributed by atoms with Crippen LogP contribution in [0.4, 0.5) is 13.2 Å². The van der Waals surface area contributed by atoms with Gasteiger partial charge in [-0.05, 0) is 42.8 Å². The monoisotopic (exact) mass is 277 g/mol. The molecule has 0 saturated carbocycles. The normalized spacial score (nSPS) is 10.9. The first kappa shape index (κ1) is 13.9. The van der Waals surface area contributed by atoms with Crippen LogP contribution in [0, 0.1) is 18.3 Å². The van der Waals surface area contributed by atoms with Crippen molar-refractivity contribution in [3.63, 3.8) is 0 Å². The molecule has 2 aromatic carbocycles. The SMILES string of the molecule is Cc1ccc(C#N)c(Oc2cccc(C(F)(F)F)c2)c1. The van der Waals surface area contributed by atoms with E-state index in [0.29, 0.717) is 0 Å². The maximum Gasteiger partial charge on any atom is 0.416 e. The zero-order valence-electron chi connectivity index (χ0n) is 10.5. The van der Waals surface area contributed by atoms with Crippen molar-refractivity contribution < 1.29 is 17.9 Å². The minimum Gasteiger partial charge on any atom is -0.456 e. The van der Waals surface area contributed by atoms with Gasteiger partial charge in [0.25, 0.3) is 0 Å². The van der Waals surface area contributed by atoms with E-state index in [1.807, 2.05) is 6.07 Å². The van der Waals surface area contributed by atoms with Gasteiger partial charge < -0.3 is 4.74 Å². The van der Waals surface area contributed by atoms with Gasteiger partial charge in [-0.1, -0.05) is 12.1 Å². The highest BCUT2D eigenvalue weighted by Gasteiger charge is 2.30. The highest BCUT2D eigenvalue weighted by Crippen LogP contribution is 2.33. The number of hydrogen-bond acceptors (Lipinski definition) is 2. The van der Waals surface area contributed by atoms with Crippen LogP contribution in [0.1, 0.15) is 16.7 Å². The van der Waals surface area contributed by atoms with E-state index < -0.39 is 11.7 Å². The molecule has 20 heavy (non-hydrogen) atoms. The molecule has 0 N–H and O–H groups in total. The number of alkyl halides is 3. The molecule has 0 aliphatic carbocycles. The number of ether oxygens (including phenoxy) is 1. The Morgan fingerprint density at radius 2 is 1.85 bits per heavy atom. The van der Waals surface area contributed by atoms with Crippen LogP contribution in [0.2, 0.25) is 0 Å². The average molecular weight is 277 g/mol. The zero-order chi connectivity index (χ0) is 14.8. The van der Waals surface area contributed by atoms with Gasteiger partial charge in [0.2, 0.25) is 0 Å². The zero-order valence-corrected chi connectivity index (χ0v) is 10.5. The quantitative estimate of drug-likeness (QED) is 0.798. The summed E-state index contributed by atoms with van der Waals surface area (Å²) in [7, 11) is 0. The minimum absolute atomic E-state index is 0.0434. The molecule has 0 unspecified atom stereocenters. The first-order valence-corrected chi connectivity index (χ1v) is 5.76. The number of aryl methyl sites for hydroxylation is 1. The lowest BCUT2D eigenvalue weighted by molar-refractivity contribution is -0.137. The van der Waals surface area contributed by atoms with Crippen LogP contribution in [0.5, 0.6) is 11.5 Å². The topological polar surface area (TPSA) is 33.0 Å². The van der Waals surface area contributed by atoms with Gasteiger partial charge in [-0.3, -0.25) is 0 Å². The summed E-state index contributed by atoms with van der Waals surface area (Å²) < 4.78 is 43.2. The second kappa shape index (κ2) is 5.25. The second-order valence-electron chi connectivity index (χ2n) is 4.24. The lowest BCUT2D eigenvalue weighted by Crippen LogP contribution is -2.04. The summed E-state index contributed by atoms with van der Waals surface area (Å²) in [6.07, 6.45) is -4.43. The first-order valence-electron chi connectivity index (χ1n) is 5.76. The molecule has 0 radical (unpaired) electrons. The summed E-state index contributed by atoms with van der Waals surface area (Å²) in [5.74, 6) is 0.286. The van der Waals surface area contributed by atoms with Gasteiger partial charge in [-0.15, -0.1) is 0 Å². The van der Waals surface area contributed by atoms with Crippen molar-refractivity contribution in [2.24, 2.45) is 0 Å². The summed E-state index contributed by atoms with van der Waals surface area (Å²) in [5.41, 5.74) is 0.333. The molecule has 0 spiro atoms. The van der Waals surface area contributed by atoms with Crippen molar-refractivity contribution in [1.82, 2.24) is 0 Å². The molecule has 0 bridgehead atoms. The highest BCUT2D eigenvalue weighted by atomic mass is 19.4. The molecule has 0 amide bonds. The van der Waals surface area contributed by atoms with E-state index in [4.69, 9.17) is 10.00 Å². The fourth-order valence-electron chi connectivity index (χ4n) is 1.67. The fraction of sp³-hybridized carbons (Fsp3) is 0.133. The van der Waals surface area contributed by atoms with Crippen molar-refractivity contribution in [2.75, 3.05) is 0 Å². The van der Waals surface area contributed by atoms with Crippen molar-refractivity contribution in [3.8, 4) is 17.6 Å². The molecule has 0 aromatic heterocycles. The van der Waals surface area contributed by atoms with Crippen molar-refractivity contribution >= 4 is 0 Å². The van der Waals surface area contributed by atoms with Gasteiger partial charge in [-0.25, -0.2) is 0 Å². The molecule has 2 nitrogen and oxygen atoms in total. The molecule has 2 rings (SSSR count). The molecule has 0 heterocycles. The van der Waals surface area contributed by atoms with Crippen molar-refractivity contribution in [3.05, 3.63) is 59.2 Å². The molecule has 2 aromatic rings. The number of halogens is 3. The molecular formula is C15H10F3NO. The molecule has 0 saturated heterocycles. The Bertz CT molecular complexity index is 672. The van der Waals surface area contributed by atoms with Crippen LogP contribution >= 0.6 is 0 Å². The van der Waals surface area contributed by atoms with Gasteiger partial charge in [0.05, 0.1) is 11.1 Å². The van der Waals surface area contributed by atoms with E-state index in [9.17, 15) is 13.2 Å². The van der Waals surface area contributed by atoms with E-state index in [0.717, 1.165) is 17.7 Å². The Kier molecular flexibility index (Phi) is 3.66. The van der Waals surface area contributed by atoms with Crippen molar-refractivity contribution in [2.45, 2.75) is 13.1 Å². The summed E-state index contributed by atoms with van der Waals surface area (Å²) >= 11 is 0. The van der Waals surface area contributed by atoms with Crippen molar-refractivity contribution in [1.29, 1.82) is 5.26 Å². The lowest BCUT2D eigenvalue weighted by Gasteiger charge is -2.11. The number of hydrogen-bond donors (Lipinski definition) is 0. The highest BCUT2D eigenvalue weighted by molar-refractivity contribution is 5.47. The first-order chi connectivity index (χ1) is 9.40. The Morgan fingerprint density at radius 1 is 1.10 bits per heavy atom. The van der Waals surface area contributed by atoms with E-state index in [-0.39, 0.29) is 17.1 Å². The maximum absolute atomic E-state index is 12.6. The van der Waals surface area contributed by atoms with Crippen LogP contribution in [-0.4, -0.2) is 0 Å². The van der Waals surface area contributed by atoms with Gasteiger partial charge in [-0.2, -0.15) is 18.4 Å². The Balaban J connectivity index is 2.36. The standard InChI is InChI=1S/C15H10F3NO/c1-10-5-6-11(9-19)14(7-10)20-13-4-2-3-12(8-13)15(16,17)18/h2-8H,1H3. The summed E-state index contributed by atoms with van der Waals surface area (Å²) in [4.78, 5) is 0. The second-order valence-corrected chi connectivity index (χ2v) is 4.24. The number of nitrogens with zero attached hydrogens (tertiary/aromatic N) is 1. The number of rotatable bonds is 2. The van der Waals surface area contributed by atoms with E-state index in [2.05, 4.69) is 0 Å². The third-order valence-electron chi connectivity index (χ3n) is 2.65. The molecule has 0 atom stereocenters. The smallest absolute Gasteiger partial charge is 0.416 e. The molecule has 0 fully saturated rings. The van der Waals surface area contributed by atoms with Gasteiger partial charge >= 0.3 is 6.18 Å². The minimum atomic E-state index is -4.43.